The third kappa shape index (κ3) is 7.00. The predicted molar refractivity (Wildman–Crippen MR) is 89.4 cm³/mol. The van der Waals surface area contributed by atoms with Gasteiger partial charge >= 0.3 is 0 Å². The Kier molecular flexibility index (Phi) is 6.58. The molecule has 1 aromatic carbocycles. The summed E-state index contributed by atoms with van der Waals surface area (Å²) in [6.45, 7) is 7.19. The molecule has 1 fully saturated rings. The van der Waals surface area contributed by atoms with E-state index in [0.717, 1.165) is 25.6 Å². The monoisotopic (exact) mass is 306 g/mol. The van der Waals surface area contributed by atoms with Gasteiger partial charge in [0.05, 0.1) is 5.75 Å². The first-order chi connectivity index (χ1) is 10.1. The third-order valence-electron chi connectivity index (χ3n) is 3.43. The van der Waals surface area contributed by atoms with Crippen LogP contribution in [0.15, 0.2) is 29.2 Å². The smallest absolute Gasteiger partial charge is 0.230 e. The van der Waals surface area contributed by atoms with Gasteiger partial charge in [0.25, 0.3) is 0 Å². The van der Waals surface area contributed by atoms with Crippen molar-refractivity contribution in [2.75, 3.05) is 18.8 Å². The van der Waals surface area contributed by atoms with E-state index in [1.165, 1.54) is 23.3 Å². The highest BCUT2D eigenvalue weighted by Crippen LogP contribution is 2.27. The second kappa shape index (κ2) is 8.44. The number of thioether (sulfide) groups is 1. The molecule has 0 radical (unpaired) electrons. The van der Waals surface area contributed by atoms with E-state index in [0.29, 0.717) is 11.7 Å². The number of carbonyl (C=O) groups is 1. The van der Waals surface area contributed by atoms with Gasteiger partial charge in [-0.15, -0.1) is 11.8 Å². The van der Waals surface area contributed by atoms with Crippen LogP contribution >= 0.6 is 11.8 Å². The zero-order valence-corrected chi connectivity index (χ0v) is 13.8. The molecule has 2 N–H and O–H groups in total. The second-order valence-electron chi connectivity index (χ2n) is 6.21. The maximum atomic E-state index is 11.7. The topological polar surface area (TPSA) is 41.1 Å². The van der Waals surface area contributed by atoms with Crippen LogP contribution in [0.2, 0.25) is 0 Å². The van der Waals surface area contributed by atoms with E-state index in [-0.39, 0.29) is 5.91 Å². The van der Waals surface area contributed by atoms with Gasteiger partial charge in [0.2, 0.25) is 5.91 Å². The van der Waals surface area contributed by atoms with Gasteiger partial charge < -0.3 is 10.6 Å². The molecule has 1 aliphatic carbocycles. The fourth-order valence-corrected chi connectivity index (χ4v) is 2.84. The molecule has 0 aliphatic heterocycles. The molecule has 2 rings (SSSR count). The van der Waals surface area contributed by atoms with Gasteiger partial charge in [-0.25, -0.2) is 0 Å². The molecule has 3 nitrogen and oxygen atoms in total. The molecule has 4 heteroatoms. The highest BCUT2D eigenvalue weighted by molar-refractivity contribution is 8.00. The van der Waals surface area contributed by atoms with E-state index < -0.39 is 0 Å². The molecule has 0 aromatic heterocycles. The highest BCUT2D eigenvalue weighted by Gasteiger charge is 2.21. The van der Waals surface area contributed by atoms with Crippen LogP contribution in [0.4, 0.5) is 0 Å². The Hall–Kier alpha value is -1.00. The molecule has 0 spiro atoms. The molecule has 0 unspecified atom stereocenters. The van der Waals surface area contributed by atoms with Crippen LogP contribution in [-0.4, -0.2) is 24.7 Å². The van der Waals surface area contributed by atoms with Gasteiger partial charge in [-0.2, -0.15) is 0 Å². The zero-order chi connectivity index (χ0) is 15.1. The van der Waals surface area contributed by atoms with Crippen molar-refractivity contribution in [3.63, 3.8) is 0 Å². The average Bonchev–Trinajstić information content (AvgIpc) is 3.27. The summed E-state index contributed by atoms with van der Waals surface area (Å²) >= 11 is 1.61. The minimum absolute atomic E-state index is 0.148. The Balaban J connectivity index is 1.70. The molecular formula is C17H26N2OS. The molecule has 0 atom stereocenters. The first-order valence-corrected chi connectivity index (χ1v) is 8.81. The SMILES string of the molecule is CC(C)CNCc1cccc(SCC(=O)NCC2CC2)c1. The van der Waals surface area contributed by atoms with E-state index >= 15 is 0 Å². The number of carbonyl (C=O) groups excluding carboxylic acids is 1. The summed E-state index contributed by atoms with van der Waals surface area (Å²) in [5.74, 6) is 2.07. The fourth-order valence-electron chi connectivity index (χ4n) is 2.03. The fraction of sp³-hybridized carbons (Fsp3) is 0.588. The third-order valence-corrected chi connectivity index (χ3v) is 4.43. The Bertz CT molecular complexity index is 458. The summed E-state index contributed by atoms with van der Waals surface area (Å²) in [5, 5.41) is 6.45. The Morgan fingerprint density at radius 3 is 2.90 bits per heavy atom. The number of benzene rings is 1. The van der Waals surface area contributed by atoms with Gasteiger partial charge in [0, 0.05) is 18.0 Å². The second-order valence-corrected chi connectivity index (χ2v) is 7.26. The Morgan fingerprint density at radius 1 is 1.38 bits per heavy atom. The number of hydrogen-bond donors (Lipinski definition) is 2. The molecule has 0 saturated heterocycles. The number of nitrogens with one attached hydrogen (secondary N) is 2. The molecule has 0 bridgehead atoms. The summed E-state index contributed by atoms with van der Waals surface area (Å²) < 4.78 is 0. The van der Waals surface area contributed by atoms with Crippen LogP contribution in [0.5, 0.6) is 0 Å². The van der Waals surface area contributed by atoms with E-state index in [2.05, 4.69) is 48.7 Å². The summed E-state index contributed by atoms with van der Waals surface area (Å²) in [6, 6.07) is 8.44. The largest absolute Gasteiger partial charge is 0.355 e. The molecular weight excluding hydrogens is 280 g/mol. The number of rotatable bonds is 9. The van der Waals surface area contributed by atoms with Crippen molar-refractivity contribution in [2.24, 2.45) is 11.8 Å². The normalized spacial score (nSPS) is 14.4. The van der Waals surface area contributed by atoms with Crippen LogP contribution in [0.1, 0.15) is 32.3 Å². The lowest BCUT2D eigenvalue weighted by molar-refractivity contribution is -0.118. The van der Waals surface area contributed by atoms with Crippen LogP contribution < -0.4 is 10.6 Å². The van der Waals surface area contributed by atoms with Gasteiger partial charge in [-0.1, -0.05) is 26.0 Å². The van der Waals surface area contributed by atoms with E-state index in [4.69, 9.17) is 0 Å². The Labute approximate surface area is 132 Å². The standard InChI is InChI=1S/C17H26N2OS/c1-13(2)9-18-10-15-4-3-5-16(8-15)21-12-17(20)19-11-14-6-7-14/h3-5,8,13-14,18H,6-7,9-12H2,1-2H3,(H,19,20). The van der Waals surface area contributed by atoms with Crippen molar-refractivity contribution in [3.05, 3.63) is 29.8 Å². The lowest BCUT2D eigenvalue weighted by Crippen LogP contribution is -2.27. The van der Waals surface area contributed by atoms with Crippen molar-refractivity contribution in [2.45, 2.75) is 38.1 Å². The van der Waals surface area contributed by atoms with Crippen LogP contribution in [0, 0.1) is 11.8 Å². The van der Waals surface area contributed by atoms with E-state index in [9.17, 15) is 4.79 Å². The van der Waals surface area contributed by atoms with Crippen molar-refractivity contribution < 1.29 is 4.79 Å². The molecule has 21 heavy (non-hydrogen) atoms. The highest BCUT2D eigenvalue weighted by atomic mass is 32.2. The van der Waals surface area contributed by atoms with Crippen molar-refractivity contribution >= 4 is 17.7 Å². The average molecular weight is 306 g/mol. The van der Waals surface area contributed by atoms with Gasteiger partial charge in [-0.05, 0) is 48.9 Å². The predicted octanol–water partition coefficient (Wildman–Crippen LogP) is 3.05. The maximum Gasteiger partial charge on any atom is 0.230 e. The van der Waals surface area contributed by atoms with Crippen molar-refractivity contribution in [3.8, 4) is 0 Å². The first kappa shape index (κ1) is 16.4. The van der Waals surface area contributed by atoms with Crippen LogP contribution in [-0.2, 0) is 11.3 Å². The molecule has 0 heterocycles. The van der Waals surface area contributed by atoms with Crippen LogP contribution in [0.25, 0.3) is 0 Å². The maximum absolute atomic E-state index is 11.7. The summed E-state index contributed by atoms with van der Waals surface area (Å²) in [6.07, 6.45) is 2.55. The van der Waals surface area contributed by atoms with Crippen molar-refractivity contribution in [1.29, 1.82) is 0 Å². The quantitative estimate of drug-likeness (QED) is 0.689. The summed E-state index contributed by atoms with van der Waals surface area (Å²) in [4.78, 5) is 12.9. The zero-order valence-electron chi connectivity index (χ0n) is 13.0. The summed E-state index contributed by atoms with van der Waals surface area (Å²) in [7, 11) is 0. The molecule has 1 saturated carbocycles. The summed E-state index contributed by atoms with van der Waals surface area (Å²) in [5.41, 5.74) is 1.28. The van der Waals surface area contributed by atoms with E-state index in [1.807, 2.05) is 0 Å². The minimum atomic E-state index is 0.148. The molecule has 1 amide bonds. The lowest BCUT2D eigenvalue weighted by Gasteiger charge is -2.09. The number of hydrogen-bond acceptors (Lipinski definition) is 3. The number of amides is 1. The van der Waals surface area contributed by atoms with Gasteiger partial charge in [0.1, 0.15) is 0 Å². The van der Waals surface area contributed by atoms with E-state index in [1.54, 1.807) is 11.8 Å². The minimum Gasteiger partial charge on any atom is -0.355 e. The van der Waals surface area contributed by atoms with Gasteiger partial charge in [0.15, 0.2) is 0 Å². The van der Waals surface area contributed by atoms with Crippen molar-refractivity contribution in [1.82, 2.24) is 10.6 Å². The molecule has 1 aromatic rings. The van der Waals surface area contributed by atoms with Gasteiger partial charge in [-0.3, -0.25) is 4.79 Å². The van der Waals surface area contributed by atoms with Crippen LogP contribution in [0.3, 0.4) is 0 Å². The molecule has 1 aliphatic rings. The first-order valence-electron chi connectivity index (χ1n) is 7.82. The molecule has 116 valence electrons. The lowest BCUT2D eigenvalue weighted by atomic mass is 10.2. The Morgan fingerprint density at radius 2 is 2.19 bits per heavy atom.